The molecule has 4 nitrogen and oxygen atoms in total. The fourth-order valence-corrected chi connectivity index (χ4v) is 2.75. The summed E-state index contributed by atoms with van der Waals surface area (Å²) in [6, 6.07) is 3.88. The van der Waals surface area contributed by atoms with Gasteiger partial charge in [-0.1, -0.05) is 6.92 Å². The highest BCUT2D eigenvalue weighted by Crippen LogP contribution is 2.32. The Morgan fingerprint density at radius 3 is 2.78 bits per heavy atom. The van der Waals surface area contributed by atoms with Crippen molar-refractivity contribution in [2.45, 2.75) is 26.8 Å². The summed E-state index contributed by atoms with van der Waals surface area (Å²) in [4.78, 5) is 25.6. The molecule has 1 aromatic rings. The van der Waals surface area contributed by atoms with E-state index in [4.69, 9.17) is 0 Å². The number of rotatable bonds is 4. The van der Waals surface area contributed by atoms with Gasteiger partial charge in [-0.25, -0.2) is 0 Å². The van der Waals surface area contributed by atoms with Crippen molar-refractivity contribution >= 4 is 29.0 Å². The van der Waals surface area contributed by atoms with Crippen LogP contribution in [0.15, 0.2) is 23.2 Å². The van der Waals surface area contributed by atoms with Gasteiger partial charge in [0.05, 0.1) is 4.91 Å². The molecular weight excluding hydrogens is 248 g/mol. The van der Waals surface area contributed by atoms with E-state index in [0.717, 1.165) is 30.4 Å². The van der Waals surface area contributed by atoms with Crippen LogP contribution in [0.3, 0.4) is 0 Å². The van der Waals surface area contributed by atoms with Crippen LogP contribution in [0.25, 0.3) is 6.08 Å². The predicted molar refractivity (Wildman–Crippen MR) is 73.1 cm³/mol. The first-order chi connectivity index (χ1) is 8.67. The molecule has 1 fully saturated rings. The molecule has 96 valence electrons. The summed E-state index contributed by atoms with van der Waals surface area (Å²) in [6.07, 6.45) is 4.54. The van der Waals surface area contributed by atoms with Crippen molar-refractivity contribution in [3.63, 3.8) is 0 Å². The highest BCUT2D eigenvalue weighted by atomic mass is 32.2. The lowest BCUT2D eigenvalue weighted by molar-refractivity contribution is -0.122. The quantitative estimate of drug-likeness (QED) is 0.785. The first-order valence-corrected chi connectivity index (χ1v) is 6.89. The van der Waals surface area contributed by atoms with E-state index in [0.29, 0.717) is 11.4 Å². The lowest BCUT2D eigenvalue weighted by atomic mass is 10.3. The Hall–Kier alpha value is -1.49. The molecule has 1 saturated heterocycles. The number of hydrogen-bond donors (Lipinski definition) is 0. The average molecular weight is 264 g/mol. The van der Waals surface area contributed by atoms with Gasteiger partial charge in [-0.15, -0.1) is 0 Å². The SMILES string of the molecule is CCCN1C(=O)S/C(=C/c2cccn2CC)C1=O. The second-order valence-electron chi connectivity index (χ2n) is 4.05. The number of carbonyl (C=O) groups excluding carboxylic acids is 2. The predicted octanol–water partition coefficient (Wildman–Crippen LogP) is 2.95. The Morgan fingerprint density at radius 1 is 1.33 bits per heavy atom. The summed E-state index contributed by atoms with van der Waals surface area (Å²) >= 11 is 1.02. The van der Waals surface area contributed by atoms with Crippen molar-refractivity contribution in [2.24, 2.45) is 0 Å². The number of hydrogen-bond acceptors (Lipinski definition) is 3. The molecule has 18 heavy (non-hydrogen) atoms. The highest BCUT2D eigenvalue weighted by molar-refractivity contribution is 8.18. The molecule has 0 saturated carbocycles. The van der Waals surface area contributed by atoms with Gasteiger partial charge in [0.2, 0.25) is 0 Å². The molecule has 0 unspecified atom stereocenters. The second-order valence-corrected chi connectivity index (χ2v) is 5.05. The highest BCUT2D eigenvalue weighted by Gasteiger charge is 2.34. The van der Waals surface area contributed by atoms with Gasteiger partial charge in [0.25, 0.3) is 11.1 Å². The van der Waals surface area contributed by atoms with Crippen LogP contribution in [-0.4, -0.2) is 27.2 Å². The zero-order valence-corrected chi connectivity index (χ0v) is 11.4. The van der Waals surface area contributed by atoms with E-state index in [-0.39, 0.29) is 11.1 Å². The molecule has 0 aliphatic carbocycles. The molecule has 0 radical (unpaired) electrons. The van der Waals surface area contributed by atoms with Gasteiger partial charge < -0.3 is 4.57 Å². The van der Waals surface area contributed by atoms with Crippen LogP contribution < -0.4 is 0 Å². The summed E-state index contributed by atoms with van der Waals surface area (Å²) in [5, 5.41) is -0.164. The fraction of sp³-hybridized carbons (Fsp3) is 0.385. The van der Waals surface area contributed by atoms with Crippen molar-refractivity contribution in [1.82, 2.24) is 9.47 Å². The number of nitrogens with zero attached hydrogens (tertiary/aromatic N) is 2. The van der Waals surface area contributed by atoms with Crippen molar-refractivity contribution in [3.8, 4) is 0 Å². The van der Waals surface area contributed by atoms with Gasteiger partial charge in [-0.05, 0) is 43.3 Å². The molecule has 1 aliphatic rings. The maximum Gasteiger partial charge on any atom is 0.293 e. The van der Waals surface area contributed by atoms with E-state index in [9.17, 15) is 9.59 Å². The van der Waals surface area contributed by atoms with Crippen LogP contribution in [0, 0.1) is 0 Å². The smallest absolute Gasteiger partial charge is 0.293 e. The molecule has 2 rings (SSSR count). The van der Waals surface area contributed by atoms with Crippen LogP contribution in [0.2, 0.25) is 0 Å². The number of aryl methyl sites for hydroxylation is 1. The molecule has 1 aliphatic heterocycles. The van der Waals surface area contributed by atoms with E-state index in [1.807, 2.05) is 36.7 Å². The normalized spacial score (nSPS) is 18.1. The Morgan fingerprint density at radius 2 is 2.11 bits per heavy atom. The number of aromatic nitrogens is 1. The summed E-state index contributed by atoms with van der Waals surface area (Å²) < 4.78 is 2.04. The third-order valence-corrected chi connectivity index (χ3v) is 3.71. The third kappa shape index (κ3) is 2.36. The summed E-state index contributed by atoms with van der Waals surface area (Å²) in [7, 11) is 0. The Kier molecular flexibility index (Phi) is 3.91. The summed E-state index contributed by atoms with van der Waals surface area (Å²) in [5.74, 6) is -0.171. The maximum absolute atomic E-state index is 12.0. The monoisotopic (exact) mass is 264 g/mol. The Bertz CT molecular complexity index is 505. The minimum Gasteiger partial charge on any atom is -0.348 e. The Labute approximate surface area is 111 Å². The van der Waals surface area contributed by atoms with Crippen molar-refractivity contribution in [2.75, 3.05) is 6.54 Å². The molecule has 0 atom stereocenters. The first-order valence-electron chi connectivity index (χ1n) is 6.07. The standard InChI is InChI=1S/C13H16N2O2S/c1-3-7-15-12(16)11(18-13(15)17)9-10-6-5-8-14(10)4-2/h5-6,8-9H,3-4,7H2,1-2H3/b11-9+. The van der Waals surface area contributed by atoms with Crippen LogP contribution >= 0.6 is 11.8 Å². The molecular formula is C13H16N2O2S. The van der Waals surface area contributed by atoms with E-state index < -0.39 is 0 Å². The molecule has 0 N–H and O–H groups in total. The van der Waals surface area contributed by atoms with E-state index in [2.05, 4.69) is 0 Å². The molecule has 2 heterocycles. The summed E-state index contributed by atoms with van der Waals surface area (Å²) in [6.45, 7) is 5.34. The van der Waals surface area contributed by atoms with Crippen LogP contribution in [-0.2, 0) is 11.3 Å². The molecule has 0 aromatic carbocycles. The molecule has 5 heteroatoms. The molecule has 2 amide bonds. The van der Waals surface area contributed by atoms with Gasteiger partial charge in [-0.2, -0.15) is 0 Å². The number of thioether (sulfide) groups is 1. The van der Waals surface area contributed by atoms with Crippen LogP contribution in [0.5, 0.6) is 0 Å². The third-order valence-electron chi connectivity index (χ3n) is 2.81. The van der Waals surface area contributed by atoms with E-state index >= 15 is 0 Å². The van der Waals surface area contributed by atoms with Crippen LogP contribution in [0.4, 0.5) is 4.79 Å². The fourth-order valence-electron chi connectivity index (χ4n) is 1.90. The lowest BCUT2D eigenvalue weighted by Crippen LogP contribution is -2.28. The Balaban J connectivity index is 2.25. The van der Waals surface area contributed by atoms with Gasteiger partial charge in [0, 0.05) is 25.0 Å². The van der Waals surface area contributed by atoms with Crippen molar-refractivity contribution < 1.29 is 9.59 Å². The largest absolute Gasteiger partial charge is 0.348 e. The van der Waals surface area contributed by atoms with Gasteiger partial charge in [0.15, 0.2) is 0 Å². The molecule has 0 bridgehead atoms. The number of carbonyl (C=O) groups is 2. The zero-order chi connectivity index (χ0) is 13.1. The van der Waals surface area contributed by atoms with E-state index in [1.165, 1.54) is 4.90 Å². The number of imide groups is 1. The summed E-state index contributed by atoms with van der Waals surface area (Å²) in [5.41, 5.74) is 0.958. The van der Waals surface area contributed by atoms with Gasteiger partial charge in [0.1, 0.15) is 0 Å². The maximum atomic E-state index is 12.0. The minimum absolute atomic E-state index is 0.164. The second kappa shape index (κ2) is 5.44. The zero-order valence-electron chi connectivity index (χ0n) is 10.5. The van der Waals surface area contributed by atoms with Gasteiger partial charge in [-0.3, -0.25) is 14.5 Å². The molecule has 0 spiro atoms. The first kappa shape index (κ1) is 13.0. The topological polar surface area (TPSA) is 42.3 Å². The average Bonchev–Trinajstić information content (AvgIpc) is 2.90. The van der Waals surface area contributed by atoms with Crippen LogP contribution in [0.1, 0.15) is 26.0 Å². The van der Waals surface area contributed by atoms with Crippen molar-refractivity contribution in [3.05, 3.63) is 28.9 Å². The lowest BCUT2D eigenvalue weighted by Gasteiger charge is -2.09. The molecule has 1 aromatic heterocycles. The van der Waals surface area contributed by atoms with Gasteiger partial charge >= 0.3 is 0 Å². The van der Waals surface area contributed by atoms with E-state index in [1.54, 1.807) is 6.08 Å². The number of amides is 2. The minimum atomic E-state index is -0.171. The van der Waals surface area contributed by atoms with Crippen molar-refractivity contribution in [1.29, 1.82) is 0 Å².